The van der Waals surface area contributed by atoms with Crippen LogP contribution in [0.1, 0.15) is 0 Å². The third kappa shape index (κ3) is 89.6. The summed E-state index contributed by atoms with van der Waals surface area (Å²) >= 11 is -3.94. The normalized spacial score (nSPS) is 6.00. The second kappa shape index (κ2) is 9.32. The molecule has 6 heteroatoms. The zero-order valence-corrected chi connectivity index (χ0v) is 5.29. The summed E-state index contributed by atoms with van der Waals surface area (Å²) in [6.45, 7) is 0. The van der Waals surface area contributed by atoms with E-state index < -0.39 is 15.7 Å². The Labute approximate surface area is 50.9 Å². The molecule has 44 valence electrons. The molecule has 0 heterocycles. The predicted octanol–water partition coefficient (Wildman–Crippen LogP) is -4.77. The predicted molar refractivity (Wildman–Crippen MR) is 9.37 cm³/mol. The van der Waals surface area contributed by atoms with Gasteiger partial charge in [0.05, 0.1) is 0 Å². The Bertz CT molecular complexity index is 12.3. The first-order valence-corrected chi connectivity index (χ1v) is 2.85. The molecule has 0 saturated carbocycles. The van der Waals surface area contributed by atoms with Gasteiger partial charge in [0.25, 0.3) is 0 Å². The quantitative estimate of drug-likeness (QED) is 0.370. The van der Waals surface area contributed by atoms with Gasteiger partial charge in [-0.15, -0.1) is 0 Å². The Balaban J connectivity index is -0.0000000450. The zero-order valence-electron chi connectivity index (χ0n) is 2.47. The van der Waals surface area contributed by atoms with E-state index >= 15 is 0 Å². The van der Waals surface area contributed by atoms with Gasteiger partial charge in [0.15, 0.2) is 0 Å². The Kier molecular flexibility index (Phi) is 24.5. The summed E-state index contributed by atoms with van der Waals surface area (Å²) in [6, 6.07) is 0. The molecule has 0 fully saturated rings. The van der Waals surface area contributed by atoms with Crippen LogP contribution < -0.4 is 12.3 Å². The second-order valence-corrected chi connectivity index (χ2v) is 1.16. The van der Waals surface area contributed by atoms with Gasteiger partial charge in [-0.25, -0.2) is 0 Å². The van der Waals surface area contributed by atoms with Crippen LogP contribution in [-0.2, 0) is 17.1 Å². The van der Waals surface area contributed by atoms with E-state index in [2.05, 4.69) is 0 Å². The summed E-state index contributed by atoms with van der Waals surface area (Å²) in [5.74, 6) is 0. The third-order valence-corrected chi connectivity index (χ3v) is 0. The van der Waals surface area contributed by atoms with Gasteiger partial charge >= 0.3 is 45.0 Å². The van der Waals surface area contributed by atoms with Gasteiger partial charge in [0.1, 0.15) is 0 Å². The second-order valence-electron chi connectivity index (χ2n) is 0.224. The van der Waals surface area contributed by atoms with Crippen LogP contribution in [0.2, 0.25) is 0 Å². The van der Waals surface area contributed by atoms with Gasteiger partial charge in [-0.1, -0.05) is 0 Å². The summed E-state index contributed by atoms with van der Waals surface area (Å²) in [4.78, 5) is 0. The topological polar surface area (TPSA) is 101 Å². The summed E-state index contributed by atoms with van der Waals surface area (Å²) in [6.07, 6.45) is 0. The van der Waals surface area contributed by atoms with Gasteiger partial charge in [0.2, 0.25) is 0 Å². The maximum atomic E-state index is 8.56. The van der Waals surface area contributed by atoms with E-state index in [1.807, 2.05) is 0 Å². The molecule has 0 aliphatic heterocycles. The van der Waals surface area contributed by atoms with Crippen LogP contribution in [0, 0.1) is 0 Å². The van der Waals surface area contributed by atoms with Crippen LogP contribution >= 0.6 is 0 Å². The summed E-state index contributed by atoms with van der Waals surface area (Å²) in [5, 5.41) is 0. The Morgan fingerprint density at radius 2 is 1.00 bits per heavy atom. The molecule has 6 heavy (non-hydrogen) atoms. The molecule has 0 aromatic carbocycles. The molecule has 0 amide bonds. The fraction of sp³-hybridized carbons (Fsp3) is 0. The minimum atomic E-state index is -3.94. The molecule has 0 aromatic rings. The van der Waals surface area contributed by atoms with E-state index in [0.717, 1.165) is 0 Å². The summed E-state index contributed by atoms with van der Waals surface area (Å²) in [7, 11) is 0. The van der Waals surface area contributed by atoms with Crippen LogP contribution in [0.15, 0.2) is 0 Å². The van der Waals surface area contributed by atoms with Gasteiger partial charge in [-0.3, -0.25) is 0 Å². The number of hydrogen-bond donors (Lipinski definition) is 0. The van der Waals surface area contributed by atoms with E-state index in [0.29, 0.717) is 0 Å². The van der Waals surface area contributed by atoms with Crippen molar-refractivity contribution in [3.05, 3.63) is 0 Å². The van der Waals surface area contributed by atoms with Crippen molar-refractivity contribution in [2.75, 3.05) is 0 Å². The first-order chi connectivity index (χ1) is 1.73. The van der Waals surface area contributed by atoms with Crippen molar-refractivity contribution < 1.29 is 34.8 Å². The van der Waals surface area contributed by atoms with Gasteiger partial charge in [0, 0.05) is 0 Å². The van der Waals surface area contributed by atoms with Gasteiger partial charge < -0.3 is 5.48 Å². The first-order valence-electron chi connectivity index (χ1n) is 0.548. The molecule has 0 aliphatic rings. The molecule has 4 nitrogen and oxygen atoms in total. The zero-order chi connectivity index (χ0) is 3.58. The van der Waals surface area contributed by atoms with Crippen molar-refractivity contribution in [2.45, 2.75) is 0 Å². The van der Waals surface area contributed by atoms with Gasteiger partial charge in [-0.2, -0.15) is 0 Å². The monoisotopic (exact) mass is 204 g/mol. The Morgan fingerprint density at radius 1 is 1.00 bits per heavy atom. The molecule has 0 spiro atoms. The van der Waals surface area contributed by atoms with Crippen molar-refractivity contribution in [1.82, 2.24) is 0 Å². The molecule has 0 saturated heterocycles. The molecular weight excluding hydrogens is 202 g/mol. The van der Waals surface area contributed by atoms with Crippen LogP contribution in [-0.4, -0.2) is 21.2 Å². The van der Waals surface area contributed by atoms with Crippen molar-refractivity contribution in [1.29, 1.82) is 0 Å². The average Bonchev–Trinajstić information content (AvgIpc) is 0.811. The van der Waals surface area contributed by atoms with Crippen LogP contribution in [0.25, 0.3) is 0 Å². The molecular formula is H2AsCuO4-2. The van der Waals surface area contributed by atoms with Crippen molar-refractivity contribution >= 4 is 15.7 Å². The fourth-order valence-electron chi connectivity index (χ4n) is 0. The van der Waals surface area contributed by atoms with Crippen LogP contribution in [0.5, 0.6) is 0 Å². The van der Waals surface area contributed by atoms with Crippen LogP contribution in [0.3, 0.4) is 0 Å². The molecule has 0 unspecified atom stereocenters. The van der Waals surface area contributed by atoms with Crippen molar-refractivity contribution in [2.24, 2.45) is 0 Å². The standard InChI is InChI=1S/AsO3.Cu.H2O/c2-1(3)4;;/h;;1H2/q-3;+1;. The Morgan fingerprint density at radius 3 is 1.00 bits per heavy atom. The molecule has 0 aliphatic carbocycles. The summed E-state index contributed by atoms with van der Waals surface area (Å²) < 4.78 is 25.7. The van der Waals surface area contributed by atoms with Gasteiger partial charge in [-0.05, 0) is 0 Å². The number of hydrogen-bond acceptors (Lipinski definition) is 3. The molecule has 0 aromatic heterocycles. The van der Waals surface area contributed by atoms with Crippen molar-refractivity contribution in [3.63, 3.8) is 0 Å². The first kappa shape index (κ1) is 15.8. The van der Waals surface area contributed by atoms with Crippen molar-refractivity contribution in [3.8, 4) is 0 Å². The SMILES string of the molecule is O.[Cu+].[O-][As]([O-])[O-]. The summed E-state index contributed by atoms with van der Waals surface area (Å²) in [5.41, 5.74) is 0. The third-order valence-electron chi connectivity index (χ3n) is 0. The molecule has 0 atom stereocenters. The van der Waals surface area contributed by atoms with Crippen LogP contribution in [0.4, 0.5) is 0 Å². The fourth-order valence-corrected chi connectivity index (χ4v) is 0. The molecule has 0 bridgehead atoms. The maximum absolute atomic E-state index is 8.56. The van der Waals surface area contributed by atoms with E-state index in [1.54, 1.807) is 0 Å². The van der Waals surface area contributed by atoms with E-state index in [-0.39, 0.29) is 22.5 Å². The molecule has 2 N–H and O–H groups in total. The van der Waals surface area contributed by atoms with E-state index in [9.17, 15) is 0 Å². The van der Waals surface area contributed by atoms with E-state index in [1.165, 1.54) is 0 Å². The minimum absolute atomic E-state index is 0. The molecule has 0 radical (unpaired) electrons. The Hall–Kier alpha value is 0.918. The number of rotatable bonds is 0. The van der Waals surface area contributed by atoms with E-state index in [4.69, 9.17) is 12.3 Å². The average molecular weight is 204 g/mol. The molecule has 0 rings (SSSR count).